The maximum absolute atomic E-state index is 12.0. The van der Waals surface area contributed by atoms with Crippen molar-refractivity contribution in [3.63, 3.8) is 0 Å². The molecule has 142 valence electrons. The van der Waals surface area contributed by atoms with Gasteiger partial charge in [0.05, 0.1) is 12.1 Å². The number of rotatable bonds is 6. The molecule has 27 heavy (non-hydrogen) atoms. The summed E-state index contributed by atoms with van der Waals surface area (Å²) >= 11 is 5.21. The van der Waals surface area contributed by atoms with E-state index in [1.54, 1.807) is 18.2 Å². The Labute approximate surface area is 161 Å². The number of esters is 1. The van der Waals surface area contributed by atoms with Crippen molar-refractivity contribution in [1.29, 1.82) is 0 Å². The van der Waals surface area contributed by atoms with Crippen LogP contribution >= 0.6 is 12.2 Å². The minimum absolute atomic E-state index is 0.175. The molecular formula is C19H19NO6S. The van der Waals surface area contributed by atoms with Crippen molar-refractivity contribution in [3.8, 4) is 23.0 Å². The van der Waals surface area contributed by atoms with Crippen molar-refractivity contribution in [2.75, 3.05) is 7.11 Å². The van der Waals surface area contributed by atoms with Crippen LogP contribution in [0.3, 0.4) is 0 Å². The Balaban J connectivity index is 2.09. The van der Waals surface area contributed by atoms with Gasteiger partial charge in [-0.3, -0.25) is 0 Å². The summed E-state index contributed by atoms with van der Waals surface area (Å²) in [5, 5.41) is 40.6. The predicted molar refractivity (Wildman–Crippen MR) is 104 cm³/mol. The summed E-state index contributed by atoms with van der Waals surface area (Å²) in [6, 6.07) is 7.76. The minimum atomic E-state index is -0.802. The summed E-state index contributed by atoms with van der Waals surface area (Å²) in [6.07, 6.45) is 3.31. The number of carbonyl (C=O) groups is 1. The number of hydrogen-bond acceptors (Lipinski definition) is 7. The Bertz CT molecular complexity index is 880. The van der Waals surface area contributed by atoms with Crippen molar-refractivity contribution in [2.45, 2.75) is 12.5 Å². The number of phenolic OH excluding ortho intramolecular Hbond substituents is 4. The molecule has 0 amide bonds. The first-order valence-electron chi connectivity index (χ1n) is 7.89. The van der Waals surface area contributed by atoms with Gasteiger partial charge >= 0.3 is 5.97 Å². The Morgan fingerprint density at radius 3 is 2.30 bits per heavy atom. The number of phenols is 4. The van der Waals surface area contributed by atoms with Crippen LogP contribution in [-0.2, 0) is 16.0 Å². The average Bonchev–Trinajstić information content (AvgIpc) is 2.64. The maximum Gasteiger partial charge on any atom is 0.328 e. The fourth-order valence-corrected chi connectivity index (χ4v) is 2.51. The summed E-state index contributed by atoms with van der Waals surface area (Å²) in [5.41, 5.74) is 1.20. The molecule has 0 aromatic heterocycles. The zero-order chi connectivity index (χ0) is 20.0. The van der Waals surface area contributed by atoms with Gasteiger partial charge in [0, 0.05) is 6.42 Å². The van der Waals surface area contributed by atoms with E-state index in [9.17, 15) is 25.2 Å². The molecule has 0 aliphatic heterocycles. The van der Waals surface area contributed by atoms with Crippen LogP contribution < -0.4 is 5.32 Å². The minimum Gasteiger partial charge on any atom is -0.504 e. The molecule has 0 saturated heterocycles. The van der Waals surface area contributed by atoms with E-state index in [0.29, 0.717) is 11.1 Å². The highest BCUT2D eigenvalue weighted by molar-refractivity contribution is 7.80. The Hall–Kier alpha value is -3.26. The molecule has 0 bridgehead atoms. The molecule has 1 unspecified atom stereocenters. The van der Waals surface area contributed by atoms with Crippen LogP contribution in [0, 0.1) is 0 Å². The van der Waals surface area contributed by atoms with E-state index in [-0.39, 0.29) is 34.4 Å². The molecule has 2 rings (SSSR count). The second-order valence-corrected chi connectivity index (χ2v) is 6.13. The van der Waals surface area contributed by atoms with E-state index in [0.717, 1.165) is 0 Å². The first-order valence-corrected chi connectivity index (χ1v) is 8.30. The normalized spacial score (nSPS) is 11.9. The van der Waals surface area contributed by atoms with Crippen LogP contribution in [0.2, 0.25) is 0 Å². The molecule has 7 nitrogen and oxygen atoms in total. The van der Waals surface area contributed by atoms with Crippen LogP contribution in [0.25, 0.3) is 6.08 Å². The number of hydrogen-bond donors (Lipinski definition) is 5. The van der Waals surface area contributed by atoms with Gasteiger partial charge in [0.2, 0.25) is 0 Å². The van der Waals surface area contributed by atoms with Gasteiger partial charge in [-0.2, -0.15) is 0 Å². The topological polar surface area (TPSA) is 119 Å². The molecule has 0 aliphatic rings. The lowest BCUT2D eigenvalue weighted by atomic mass is 10.1. The van der Waals surface area contributed by atoms with Gasteiger partial charge in [0.25, 0.3) is 0 Å². The number of nitrogens with one attached hydrogen (secondary N) is 1. The lowest BCUT2D eigenvalue weighted by Crippen LogP contribution is -2.41. The number of aromatic hydroxyl groups is 4. The molecule has 2 aromatic carbocycles. The number of ether oxygens (including phenoxy) is 1. The summed E-state index contributed by atoms with van der Waals surface area (Å²) in [7, 11) is 1.25. The van der Waals surface area contributed by atoms with Crippen molar-refractivity contribution in [3.05, 3.63) is 53.6 Å². The number of methoxy groups -OCH3 is 1. The predicted octanol–water partition coefficient (Wildman–Crippen LogP) is 2.22. The van der Waals surface area contributed by atoms with Crippen LogP contribution in [-0.4, -0.2) is 44.5 Å². The lowest BCUT2D eigenvalue weighted by molar-refractivity contribution is -0.142. The van der Waals surface area contributed by atoms with E-state index < -0.39 is 12.0 Å². The van der Waals surface area contributed by atoms with E-state index in [1.807, 2.05) is 0 Å². The molecule has 2 aromatic rings. The average molecular weight is 389 g/mol. The van der Waals surface area contributed by atoms with E-state index in [1.165, 1.54) is 37.5 Å². The van der Waals surface area contributed by atoms with Crippen molar-refractivity contribution >= 4 is 29.3 Å². The van der Waals surface area contributed by atoms with Crippen molar-refractivity contribution < 1.29 is 30.0 Å². The van der Waals surface area contributed by atoms with Gasteiger partial charge < -0.3 is 30.5 Å². The summed E-state index contributed by atoms with van der Waals surface area (Å²) in [5.74, 6) is -1.56. The molecule has 0 heterocycles. The number of benzene rings is 2. The molecule has 0 saturated carbocycles. The smallest absolute Gasteiger partial charge is 0.328 e. The number of thiocarbonyl (C=S) groups is 1. The molecule has 1 atom stereocenters. The zero-order valence-corrected chi connectivity index (χ0v) is 15.2. The fraction of sp³-hybridized carbons (Fsp3) is 0.158. The first-order chi connectivity index (χ1) is 12.8. The van der Waals surface area contributed by atoms with Crippen molar-refractivity contribution in [1.82, 2.24) is 5.32 Å². The third-order valence-corrected chi connectivity index (χ3v) is 3.96. The molecule has 0 fully saturated rings. The first kappa shape index (κ1) is 20.1. The third-order valence-electron chi connectivity index (χ3n) is 3.71. The highest BCUT2D eigenvalue weighted by Crippen LogP contribution is 2.26. The van der Waals surface area contributed by atoms with Gasteiger partial charge in [0.1, 0.15) is 6.04 Å². The number of carbonyl (C=O) groups excluding carboxylic acids is 1. The molecule has 8 heteroatoms. The zero-order valence-electron chi connectivity index (χ0n) is 14.4. The van der Waals surface area contributed by atoms with Crippen LogP contribution in [0.15, 0.2) is 42.5 Å². The Morgan fingerprint density at radius 1 is 1.07 bits per heavy atom. The Morgan fingerprint density at radius 2 is 1.70 bits per heavy atom. The van der Waals surface area contributed by atoms with Gasteiger partial charge in [-0.25, -0.2) is 4.79 Å². The molecular weight excluding hydrogens is 370 g/mol. The van der Waals surface area contributed by atoms with Gasteiger partial charge in [-0.15, -0.1) is 0 Å². The lowest BCUT2D eigenvalue weighted by Gasteiger charge is -2.17. The summed E-state index contributed by atoms with van der Waals surface area (Å²) in [4.78, 5) is 12.3. The highest BCUT2D eigenvalue weighted by atomic mass is 32.1. The second kappa shape index (κ2) is 8.91. The highest BCUT2D eigenvalue weighted by Gasteiger charge is 2.20. The van der Waals surface area contributed by atoms with Gasteiger partial charge in [-0.1, -0.05) is 30.4 Å². The summed E-state index contributed by atoms with van der Waals surface area (Å²) < 4.78 is 4.77. The molecule has 5 N–H and O–H groups in total. The second-order valence-electron chi connectivity index (χ2n) is 5.69. The van der Waals surface area contributed by atoms with Gasteiger partial charge in [-0.05, 0) is 41.5 Å². The monoisotopic (exact) mass is 389 g/mol. The maximum atomic E-state index is 12.0. The molecule has 0 radical (unpaired) electrons. The van der Waals surface area contributed by atoms with Crippen LogP contribution in [0.5, 0.6) is 23.0 Å². The molecule has 0 aliphatic carbocycles. The fourth-order valence-electron chi connectivity index (χ4n) is 2.30. The Kier molecular flexibility index (Phi) is 6.62. The summed E-state index contributed by atoms with van der Waals surface area (Å²) in [6.45, 7) is 0. The van der Waals surface area contributed by atoms with Crippen LogP contribution in [0.1, 0.15) is 11.1 Å². The quantitative estimate of drug-likeness (QED) is 0.221. The SMILES string of the molecule is COC(=O)C(Cc1ccc(O)c(O)c1)NC(=S)/C=C/c1ccc(O)c(O)c1. The molecule has 0 spiro atoms. The standard InChI is InChI=1S/C19H19NO6S/c1-26-19(25)13(8-12-3-6-15(22)17(24)10-12)20-18(27)7-4-11-2-5-14(21)16(23)9-11/h2-7,9-10,13,21-24H,8H2,1H3,(H,20,27)/b7-4+. The van der Waals surface area contributed by atoms with E-state index in [4.69, 9.17) is 17.0 Å². The largest absolute Gasteiger partial charge is 0.504 e. The van der Waals surface area contributed by atoms with Gasteiger partial charge in [0.15, 0.2) is 23.0 Å². The van der Waals surface area contributed by atoms with Crippen LogP contribution in [0.4, 0.5) is 0 Å². The van der Waals surface area contributed by atoms with E-state index in [2.05, 4.69) is 5.32 Å². The van der Waals surface area contributed by atoms with E-state index >= 15 is 0 Å². The third kappa shape index (κ3) is 5.61. The van der Waals surface area contributed by atoms with Crippen molar-refractivity contribution in [2.24, 2.45) is 0 Å².